The highest BCUT2D eigenvalue weighted by molar-refractivity contribution is 7.52. The number of rotatable bonds is 0. The second kappa shape index (κ2) is 6.55. The Morgan fingerprint density at radius 2 is 2.21 bits per heavy atom. The van der Waals surface area contributed by atoms with Crippen LogP contribution in [0.25, 0.3) is 0 Å². The Hall–Kier alpha value is -1.90. The minimum Gasteiger partial charge on any atom is -0.460 e. The average molecular weight is 406 g/mol. The van der Waals surface area contributed by atoms with Gasteiger partial charge in [0.05, 0.1) is 6.04 Å². The van der Waals surface area contributed by atoms with E-state index < -0.39 is 0 Å². The van der Waals surface area contributed by atoms with Gasteiger partial charge in [0, 0.05) is 35.4 Å². The molecule has 0 aromatic heterocycles. The smallest absolute Gasteiger partial charge is 0.186 e. The summed E-state index contributed by atoms with van der Waals surface area (Å²) in [5.41, 5.74) is 0.978. The van der Waals surface area contributed by atoms with Crippen LogP contribution in [0.15, 0.2) is 58.6 Å². The van der Waals surface area contributed by atoms with Gasteiger partial charge in [-0.3, -0.25) is 4.90 Å². The highest BCUT2D eigenvalue weighted by Crippen LogP contribution is 2.49. The molecule has 1 aliphatic carbocycles. The SMILES string of the molecule is CN1C2C=CCC1(C)OC1=NC(CCC1)c1cccc3c1PC1=C(C=CCC12)O3. The van der Waals surface area contributed by atoms with Crippen molar-refractivity contribution in [1.29, 1.82) is 0 Å². The second-order valence-corrected chi connectivity index (χ2v) is 10.2. The largest absolute Gasteiger partial charge is 0.460 e. The molecule has 0 saturated carbocycles. The number of allylic oxidation sites excluding steroid dienone is 2. The minimum absolute atomic E-state index is 0.174. The number of likely N-dealkylation sites (N-methyl/N-ethyl adjacent to an activating group) is 1. The van der Waals surface area contributed by atoms with Gasteiger partial charge in [-0.15, -0.1) is 0 Å². The van der Waals surface area contributed by atoms with Crippen LogP contribution in [0.2, 0.25) is 0 Å². The van der Waals surface area contributed by atoms with Crippen LogP contribution in [-0.4, -0.2) is 29.6 Å². The van der Waals surface area contributed by atoms with Gasteiger partial charge in [0.1, 0.15) is 11.5 Å². The Balaban J connectivity index is 1.56. The summed E-state index contributed by atoms with van der Waals surface area (Å²) in [6, 6.07) is 6.97. The Morgan fingerprint density at radius 3 is 3.14 bits per heavy atom. The van der Waals surface area contributed by atoms with Gasteiger partial charge < -0.3 is 9.47 Å². The van der Waals surface area contributed by atoms with E-state index in [0.717, 1.165) is 49.5 Å². The predicted molar refractivity (Wildman–Crippen MR) is 118 cm³/mol. The van der Waals surface area contributed by atoms with Crippen molar-refractivity contribution in [3.8, 4) is 5.75 Å². The number of nitrogens with zero attached hydrogens (tertiary/aromatic N) is 2. The molecule has 5 heteroatoms. The summed E-state index contributed by atoms with van der Waals surface area (Å²) in [7, 11) is 2.86. The standard InChI is InChI=1S/C24H27N2O2P/c1-24-14-6-10-18(26(24)2)16-8-4-12-20-23(16)29-22-15(7-3-11-19(22)27-20)17-9-5-13-21(25-17)28-24/h3-4,6-7,10-12,16-18,29H,5,8-9,13-14H2,1-2H3. The molecule has 1 aromatic carbocycles. The first kappa shape index (κ1) is 17.9. The molecule has 0 radical (unpaired) electrons. The van der Waals surface area contributed by atoms with E-state index >= 15 is 0 Å². The molecule has 6 rings (SSSR count). The third-order valence-corrected chi connectivity index (χ3v) is 8.81. The van der Waals surface area contributed by atoms with Gasteiger partial charge in [-0.25, -0.2) is 4.99 Å². The molecule has 4 nitrogen and oxygen atoms in total. The Morgan fingerprint density at radius 1 is 1.28 bits per heavy atom. The molecule has 0 saturated heterocycles. The van der Waals surface area contributed by atoms with Crippen LogP contribution in [0.4, 0.5) is 0 Å². The van der Waals surface area contributed by atoms with Crippen LogP contribution >= 0.6 is 8.58 Å². The van der Waals surface area contributed by atoms with Crippen molar-refractivity contribution >= 4 is 19.8 Å². The molecular weight excluding hydrogens is 379 g/mol. The summed E-state index contributed by atoms with van der Waals surface area (Å²) in [5, 5.41) is 2.81. The summed E-state index contributed by atoms with van der Waals surface area (Å²) in [6.07, 6.45) is 14.2. The molecule has 0 amide bonds. The summed E-state index contributed by atoms with van der Waals surface area (Å²) < 4.78 is 13.1. The molecule has 0 fully saturated rings. The van der Waals surface area contributed by atoms with Crippen molar-refractivity contribution < 1.29 is 9.47 Å². The van der Waals surface area contributed by atoms with Crippen LogP contribution in [-0.2, 0) is 4.74 Å². The summed E-state index contributed by atoms with van der Waals surface area (Å²) in [4.78, 5) is 7.54. The summed E-state index contributed by atoms with van der Waals surface area (Å²) in [5.74, 6) is 3.41. The number of fused-ring (bicyclic) bond motifs is 5. The zero-order chi connectivity index (χ0) is 19.6. The molecule has 0 spiro atoms. The lowest BCUT2D eigenvalue weighted by Crippen LogP contribution is -2.56. The minimum atomic E-state index is -0.357. The van der Waals surface area contributed by atoms with Crippen LogP contribution in [0.1, 0.15) is 50.6 Å². The molecule has 4 heterocycles. The molecule has 150 valence electrons. The zero-order valence-corrected chi connectivity index (χ0v) is 18.0. The number of ether oxygens (including phenoxy) is 2. The third kappa shape index (κ3) is 2.76. The fourth-order valence-corrected chi connectivity index (χ4v) is 7.05. The number of hydrogen-bond donors (Lipinski definition) is 0. The molecule has 1 aromatic rings. The monoisotopic (exact) mass is 406 g/mol. The number of benzene rings is 1. The van der Waals surface area contributed by atoms with E-state index in [4.69, 9.17) is 14.5 Å². The third-order valence-electron chi connectivity index (χ3n) is 7.13. The van der Waals surface area contributed by atoms with E-state index in [2.05, 4.69) is 61.4 Å². The highest BCUT2D eigenvalue weighted by Gasteiger charge is 2.44. The van der Waals surface area contributed by atoms with Crippen molar-refractivity contribution in [3.05, 3.63) is 59.1 Å². The van der Waals surface area contributed by atoms with Crippen LogP contribution in [0.3, 0.4) is 0 Å². The molecule has 6 bridgehead atoms. The lowest BCUT2D eigenvalue weighted by Gasteiger charge is -2.48. The number of aliphatic imine (C=N–C) groups is 1. The van der Waals surface area contributed by atoms with Crippen LogP contribution in [0, 0.1) is 5.92 Å². The second-order valence-electron chi connectivity index (χ2n) is 8.91. The zero-order valence-electron chi connectivity index (χ0n) is 17.0. The summed E-state index contributed by atoms with van der Waals surface area (Å²) in [6.45, 7) is 2.22. The maximum atomic E-state index is 6.66. The van der Waals surface area contributed by atoms with Crippen LogP contribution < -0.4 is 10.0 Å². The first-order valence-electron chi connectivity index (χ1n) is 10.8. The van der Waals surface area contributed by atoms with E-state index in [1.54, 1.807) is 0 Å². The van der Waals surface area contributed by atoms with E-state index in [0.29, 0.717) is 20.5 Å². The molecule has 5 unspecified atom stereocenters. The quantitative estimate of drug-likeness (QED) is 0.458. The Kier molecular flexibility index (Phi) is 4.05. The Bertz CT molecular complexity index is 995. The highest BCUT2D eigenvalue weighted by atomic mass is 31.1. The average Bonchev–Trinajstić information content (AvgIpc) is 2.73. The molecular formula is C24H27N2O2P. The lowest BCUT2D eigenvalue weighted by molar-refractivity contribution is -0.0927. The van der Waals surface area contributed by atoms with Gasteiger partial charge >= 0.3 is 0 Å². The first-order chi connectivity index (χ1) is 14.1. The maximum Gasteiger partial charge on any atom is 0.186 e. The van der Waals surface area contributed by atoms with E-state index in [1.165, 1.54) is 16.2 Å². The molecule has 0 N–H and O–H groups in total. The van der Waals surface area contributed by atoms with E-state index in [-0.39, 0.29) is 11.8 Å². The maximum absolute atomic E-state index is 6.66. The first-order valence-corrected chi connectivity index (χ1v) is 11.8. The fourth-order valence-electron chi connectivity index (χ4n) is 5.40. The normalized spacial score (nSPS) is 35.9. The van der Waals surface area contributed by atoms with Crippen molar-refractivity contribution in [3.63, 3.8) is 0 Å². The van der Waals surface area contributed by atoms with E-state index in [9.17, 15) is 0 Å². The molecule has 4 aliphatic heterocycles. The van der Waals surface area contributed by atoms with Gasteiger partial charge in [-0.2, -0.15) is 0 Å². The van der Waals surface area contributed by atoms with Crippen molar-refractivity contribution in [2.45, 2.75) is 56.8 Å². The van der Waals surface area contributed by atoms with Crippen molar-refractivity contribution in [1.82, 2.24) is 4.90 Å². The van der Waals surface area contributed by atoms with Gasteiger partial charge in [-0.1, -0.05) is 38.9 Å². The topological polar surface area (TPSA) is 34.1 Å². The van der Waals surface area contributed by atoms with Gasteiger partial charge in [0.25, 0.3) is 0 Å². The van der Waals surface area contributed by atoms with E-state index in [1.807, 2.05) is 0 Å². The van der Waals surface area contributed by atoms with Crippen molar-refractivity contribution in [2.24, 2.45) is 10.9 Å². The van der Waals surface area contributed by atoms with Gasteiger partial charge in [0.2, 0.25) is 0 Å². The number of hydrogen-bond acceptors (Lipinski definition) is 4. The molecule has 29 heavy (non-hydrogen) atoms. The lowest BCUT2D eigenvalue weighted by atomic mass is 9.86. The molecule has 5 aliphatic rings. The van der Waals surface area contributed by atoms with Gasteiger partial charge in [-0.05, 0) is 50.9 Å². The van der Waals surface area contributed by atoms with Crippen molar-refractivity contribution in [2.75, 3.05) is 7.05 Å². The van der Waals surface area contributed by atoms with Crippen LogP contribution in [0.5, 0.6) is 5.75 Å². The predicted octanol–water partition coefficient (Wildman–Crippen LogP) is 4.80. The summed E-state index contributed by atoms with van der Waals surface area (Å²) >= 11 is 0. The Labute approximate surface area is 174 Å². The van der Waals surface area contributed by atoms with Gasteiger partial charge in [0.15, 0.2) is 11.6 Å². The fraction of sp³-hybridized carbons (Fsp3) is 0.458. The molecule has 5 atom stereocenters.